The van der Waals surface area contributed by atoms with Gasteiger partial charge < -0.3 is 15.5 Å². The zero-order chi connectivity index (χ0) is 20.6. The number of carbonyl (C=O) groups excluding carboxylic acids is 2. The molecule has 0 spiro atoms. The second-order valence-electron chi connectivity index (χ2n) is 6.12. The molecule has 9 heteroatoms. The third kappa shape index (κ3) is 6.90. The minimum atomic E-state index is -4.44. The lowest BCUT2D eigenvalue weighted by molar-refractivity contribution is -0.137. The summed E-state index contributed by atoms with van der Waals surface area (Å²) in [6.07, 6.45) is -2.18. The second-order valence-corrected chi connectivity index (χ2v) is 6.12. The summed E-state index contributed by atoms with van der Waals surface area (Å²) in [6, 6.07) is 9.58. The van der Waals surface area contributed by atoms with E-state index in [1.807, 2.05) is 12.1 Å². The summed E-state index contributed by atoms with van der Waals surface area (Å²) >= 11 is 0. The van der Waals surface area contributed by atoms with Crippen molar-refractivity contribution >= 4 is 11.9 Å². The Hall–Kier alpha value is -3.10. The number of aromatic nitrogens is 1. The van der Waals surface area contributed by atoms with Crippen LogP contribution in [0.15, 0.2) is 48.7 Å². The van der Waals surface area contributed by atoms with E-state index in [-0.39, 0.29) is 19.0 Å². The van der Waals surface area contributed by atoms with E-state index in [9.17, 15) is 22.8 Å². The minimum absolute atomic E-state index is 0.0839. The molecule has 2 N–H and O–H groups in total. The van der Waals surface area contributed by atoms with Gasteiger partial charge in [-0.25, -0.2) is 4.79 Å². The van der Waals surface area contributed by atoms with Crippen molar-refractivity contribution in [1.29, 1.82) is 0 Å². The van der Waals surface area contributed by atoms with E-state index in [1.165, 1.54) is 17.0 Å². The third-order valence-electron chi connectivity index (χ3n) is 3.96. The van der Waals surface area contributed by atoms with E-state index < -0.39 is 17.8 Å². The Labute approximate surface area is 160 Å². The molecule has 0 radical (unpaired) electrons. The number of hydrogen-bond donors (Lipinski definition) is 2. The van der Waals surface area contributed by atoms with Crippen molar-refractivity contribution < 1.29 is 22.8 Å². The Morgan fingerprint density at radius 1 is 1.11 bits per heavy atom. The number of alkyl halides is 3. The highest BCUT2D eigenvalue weighted by molar-refractivity contribution is 5.83. The van der Waals surface area contributed by atoms with Crippen LogP contribution in [0.2, 0.25) is 0 Å². The maximum atomic E-state index is 12.7. The Morgan fingerprint density at radius 2 is 1.89 bits per heavy atom. The van der Waals surface area contributed by atoms with Gasteiger partial charge in [-0.3, -0.25) is 9.78 Å². The maximum absolute atomic E-state index is 12.7. The van der Waals surface area contributed by atoms with E-state index in [2.05, 4.69) is 15.6 Å². The number of nitrogens with one attached hydrogen (secondary N) is 2. The predicted octanol–water partition coefficient (Wildman–Crippen LogP) is 2.60. The Morgan fingerprint density at radius 3 is 2.57 bits per heavy atom. The van der Waals surface area contributed by atoms with Gasteiger partial charge in [-0.15, -0.1) is 0 Å². The molecule has 6 nitrogen and oxygen atoms in total. The van der Waals surface area contributed by atoms with Crippen molar-refractivity contribution in [3.8, 4) is 0 Å². The molecule has 0 bridgehead atoms. The van der Waals surface area contributed by atoms with E-state index in [1.54, 1.807) is 19.3 Å². The number of amides is 3. The van der Waals surface area contributed by atoms with E-state index in [0.29, 0.717) is 18.5 Å². The van der Waals surface area contributed by atoms with E-state index in [0.717, 1.165) is 17.8 Å². The van der Waals surface area contributed by atoms with E-state index >= 15 is 0 Å². The molecular formula is C19H21F3N4O2. The van der Waals surface area contributed by atoms with Gasteiger partial charge in [0, 0.05) is 38.4 Å². The first-order chi connectivity index (χ1) is 13.3. The number of benzene rings is 1. The fraction of sp³-hybridized carbons (Fsp3) is 0.316. The topological polar surface area (TPSA) is 74.3 Å². The lowest BCUT2D eigenvalue weighted by Crippen LogP contribution is -2.42. The lowest BCUT2D eigenvalue weighted by atomic mass is 10.1. The average molecular weight is 394 g/mol. The van der Waals surface area contributed by atoms with Crippen LogP contribution in [0.1, 0.15) is 16.8 Å². The molecule has 0 saturated heterocycles. The van der Waals surface area contributed by atoms with Crippen molar-refractivity contribution in [3.63, 3.8) is 0 Å². The standard InChI is InChI=1S/C19H21F3N4O2/c1-26(10-8-16-7-2-3-9-23-16)17(27)13-25-18(28)24-12-14-5-4-6-15(11-14)19(20,21)22/h2-7,9,11H,8,10,12-13H2,1H3,(H2,24,25,28). The van der Waals surface area contributed by atoms with Gasteiger partial charge in [0.2, 0.25) is 5.91 Å². The molecule has 1 heterocycles. The number of carbonyl (C=O) groups is 2. The molecule has 2 aromatic rings. The first kappa shape index (κ1) is 21.2. The summed E-state index contributed by atoms with van der Waals surface area (Å²) in [7, 11) is 1.62. The molecule has 1 aromatic carbocycles. The molecule has 3 amide bonds. The molecule has 0 unspecified atom stereocenters. The SMILES string of the molecule is CN(CCc1ccccn1)C(=O)CNC(=O)NCc1cccc(C(F)(F)F)c1. The van der Waals surface area contributed by atoms with Crippen LogP contribution in [0.4, 0.5) is 18.0 Å². The summed E-state index contributed by atoms with van der Waals surface area (Å²) in [5.41, 5.74) is 0.384. The molecule has 0 atom stereocenters. The molecule has 150 valence electrons. The van der Waals surface area contributed by atoms with Crippen molar-refractivity contribution in [1.82, 2.24) is 20.5 Å². The Bertz CT molecular complexity index is 797. The van der Waals surface area contributed by atoms with Crippen LogP contribution in [-0.2, 0) is 23.9 Å². The number of rotatable bonds is 7. The molecule has 0 fully saturated rings. The number of hydrogen-bond acceptors (Lipinski definition) is 3. The van der Waals surface area contributed by atoms with Crippen LogP contribution in [-0.4, -0.2) is 42.0 Å². The highest BCUT2D eigenvalue weighted by Crippen LogP contribution is 2.29. The monoisotopic (exact) mass is 394 g/mol. The zero-order valence-corrected chi connectivity index (χ0v) is 15.3. The first-order valence-corrected chi connectivity index (χ1v) is 8.57. The average Bonchev–Trinajstić information content (AvgIpc) is 2.69. The molecule has 0 aliphatic heterocycles. The molecule has 28 heavy (non-hydrogen) atoms. The zero-order valence-electron chi connectivity index (χ0n) is 15.3. The molecule has 0 aliphatic carbocycles. The van der Waals surface area contributed by atoms with Crippen LogP contribution < -0.4 is 10.6 Å². The molecule has 0 aliphatic rings. The largest absolute Gasteiger partial charge is 0.416 e. The number of halogens is 3. The van der Waals surface area contributed by atoms with Crippen molar-refractivity contribution in [2.24, 2.45) is 0 Å². The van der Waals surface area contributed by atoms with Crippen LogP contribution >= 0.6 is 0 Å². The van der Waals surface area contributed by atoms with Gasteiger partial charge in [0.15, 0.2) is 0 Å². The van der Waals surface area contributed by atoms with Gasteiger partial charge in [0.25, 0.3) is 0 Å². The van der Waals surface area contributed by atoms with E-state index in [4.69, 9.17) is 0 Å². The number of likely N-dealkylation sites (N-methyl/N-ethyl adjacent to an activating group) is 1. The van der Waals surface area contributed by atoms with Gasteiger partial charge in [-0.05, 0) is 29.8 Å². The smallest absolute Gasteiger partial charge is 0.344 e. The summed E-state index contributed by atoms with van der Waals surface area (Å²) in [5, 5.41) is 4.83. The van der Waals surface area contributed by atoms with Gasteiger partial charge >= 0.3 is 12.2 Å². The van der Waals surface area contributed by atoms with Gasteiger partial charge in [0.05, 0.1) is 12.1 Å². The number of urea groups is 1. The second kappa shape index (κ2) is 9.72. The van der Waals surface area contributed by atoms with Crippen molar-refractivity contribution in [2.45, 2.75) is 19.1 Å². The highest BCUT2D eigenvalue weighted by Gasteiger charge is 2.30. The third-order valence-corrected chi connectivity index (χ3v) is 3.96. The normalized spacial score (nSPS) is 11.0. The van der Waals surface area contributed by atoms with Crippen LogP contribution in [0.3, 0.4) is 0 Å². The van der Waals surface area contributed by atoms with Crippen LogP contribution in [0.5, 0.6) is 0 Å². The fourth-order valence-electron chi connectivity index (χ4n) is 2.35. The lowest BCUT2D eigenvalue weighted by Gasteiger charge is -2.17. The number of pyridine rings is 1. The number of nitrogens with zero attached hydrogens (tertiary/aromatic N) is 2. The predicted molar refractivity (Wildman–Crippen MR) is 97.3 cm³/mol. The highest BCUT2D eigenvalue weighted by atomic mass is 19.4. The van der Waals surface area contributed by atoms with Gasteiger partial charge in [-0.2, -0.15) is 13.2 Å². The fourth-order valence-corrected chi connectivity index (χ4v) is 2.35. The first-order valence-electron chi connectivity index (χ1n) is 8.57. The maximum Gasteiger partial charge on any atom is 0.416 e. The van der Waals surface area contributed by atoms with Gasteiger partial charge in [0.1, 0.15) is 0 Å². The summed E-state index contributed by atoms with van der Waals surface area (Å²) < 4.78 is 38.0. The molecule has 2 rings (SSSR count). The van der Waals surface area contributed by atoms with Crippen molar-refractivity contribution in [3.05, 3.63) is 65.5 Å². The van der Waals surface area contributed by atoms with Crippen molar-refractivity contribution in [2.75, 3.05) is 20.1 Å². The molecule has 0 saturated carbocycles. The quantitative estimate of drug-likeness (QED) is 0.758. The van der Waals surface area contributed by atoms with Gasteiger partial charge in [-0.1, -0.05) is 18.2 Å². The Balaban J connectivity index is 1.72. The molecule has 1 aromatic heterocycles. The minimum Gasteiger partial charge on any atom is -0.344 e. The Kier molecular flexibility index (Phi) is 7.36. The molecular weight excluding hydrogens is 373 g/mol. The summed E-state index contributed by atoms with van der Waals surface area (Å²) in [6.45, 7) is 0.149. The summed E-state index contributed by atoms with van der Waals surface area (Å²) in [4.78, 5) is 29.5. The van der Waals surface area contributed by atoms with Crippen LogP contribution in [0.25, 0.3) is 0 Å². The summed E-state index contributed by atoms with van der Waals surface area (Å²) in [5.74, 6) is -0.287. The van der Waals surface area contributed by atoms with Crippen LogP contribution in [0, 0.1) is 0 Å².